The van der Waals surface area contributed by atoms with Gasteiger partial charge in [0.2, 0.25) is 0 Å². The van der Waals surface area contributed by atoms with Gasteiger partial charge >= 0.3 is 0 Å². The quantitative estimate of drug-likeness (QED) is 0.895. The van der Waals surface area contributed by atoms with Crippen molar-refractivity contribution >= 4 is 11.0 Å². The molecule has 102 valence electrons. The molecule has 0 aromatic carbocycles. The Kier molecular flexibility index (Phi) is 3.80. The van der Waals surface area contributed by atoms with Gasteiger partial charge in [-0.1, -0.05) is 6.92 Å². The van der Waals surface area contributed by atoms with Crippen molar-refractivity contribution in [1.82, 2.24) is 14.9 Å². The molecule has 2 aromatic rings. The van der Waals surface area contributed by atoms with Crippen molar-refractivity contribution in [1.29, 1.82) is 0 Å². The molecule has 3 rings (SSSR count). The third-order valence-corrected chi connectivity index (χ3v) is 3.71. The predicted octanol–water partition coefficient (Wildman–Crippen LogP) is 2.32. The highest BCUT2D eigenvalue weighted by molar-refractivity contribution is 5.80. The standard InChI is InChI=1S/C15H21N3O/c1-2-16-9-12-10-18(11-13-5-4-8-19-13)15-14(12)6-3-7-17-15/h3,6-7,10,13,16H,2,4-5,8-9,11H2,1H3. The van der Waals surface area contributed by atoms with Gasteiger partial charge in [0.15, 0.2) is 0 Å². The van der Waals surface area contributed by atoms with Crippen molar-refractivity contribution in [2.24, 2.45) is 0 Å². The lowest BCUT2D eigenvalue weighted by molar-refractivity contribution is 0.0979. The van der Waals surface area contributed by atoms with Crippen molar-refractivity contribution < 1.29 is 4.74 Å². The lowest BCUT2D eigenvalue weighted by atomic mass is 10.2. The van der Waals surface area contributed by atoms with Crippen LogP contribution in [0.2, 0.25) is 0 Å². The fourth-order valence-corrected chi connectivity index (χ4v) is 2.74. The van der Waals surface area contributed by atoms with Gasteiger partial charge in [-0.05, 0) is 37.1 Å². The monoisotopic (exact) mass is 259 g/mol. The molecule has 19 heavy (non-hydrogen) atoms. The van der Waals surface area contributed by atoms with E-state index in [1.807, 2.05) is 12.3 Å². The lowest BCUT2D eigenvalue weighted by Crippen LogP contribution is -2.14. The summed E-state index contributed by atoms with van der Waals surface area (Å²) in [5, 5.41) is 4.64. The number of hydrogen-bond acceptors (Lipinski definition) is 3. The Morgan fingerprint density at radius 1 is 1.53 bits per heavy atom. The SMILES string of the molecule is CCNCc1cn(CC2CCCO2)c2ncccc12. The minimum atomic E-state index is 0.351. The highest BCUT2D eigenvalue weighted by atomic mass is 16.5. The number of aromatic nitrogens is 2. The maximum atomic E-state index is 5.73. The second-order valence-corrected chi connectivity index (χ2v) is 5.10. The third kappa shape index (κ3) is 2.65. The van der Waals surface area contributed by atoms with Gasteiger partial charge in [0.1, 0.15) is 5.65 Å². The van der Waals surface area contributed by atoms with Gasteiger partial charge in [-0.25, -0.2) is 4.98 Å². The fourth-order valence-electron chi connectivity index (χ4n) is 2.74. The van der Waals surface area contributed by atoms with E-state index in [0.717, 1.165) is 38.3 Å². The molecule has 4 heteroatoms. The van der Waals surface area contributed by atoms with Crippen LogP contribution in [-0.2, 0) is 17.8 Å². The summed E-state index contributed by atoms with van der Waals surface area (Å²) in [7, 11) is 0. The Balaban J connectivity index is 1.89. The summed E-state index contributed by atoms with van der Waals surface area (Å²) < 4.78 is 7.98. The summed E-state index contributed by atoms with van der Waals surface area (Å²) >= 11 is 0. The van der Waals surface area contributed by atoms with Gasteiger partial charge in [-0.3, -0.25) is 0 Å². The van der Waals surface area contributed by atoms with E-state index in [1.165, 1.54) is 17.4 Å². The topological polar surface area (TPSA) is 39.1 Å². The van der Waals surface area contributed by atoms with Crippen LogP contribution in [0.25, 0.3) is 11.0 Å². The Bertz CT molecular complexity index is 543. The van der Waals surface area contributed by atoms with Crippen molar-refractivity contribution in [3.05, 3.63) is 30.1 Å². The van der Waals surface area contributed by atoms with E-state index in [0.29, 0.717) is 6.10 Å². The molecule has 0 saturated carbocycles. The summed E-state index contributed by atoms with van der Waals surface area (Å²) in [6.07, 6.45) is 6.79. The first kappa shape index (κ1) is 12.6. The van der Waals surface area contributed by atoms with Crippen LogP contribution < -0.4 is 5.32 Å². The van der Waals surface area contributed by atoms with E-state index in [2.05, 4.69) is 34.1 Å². The largest absolute Gasteiger partial charge is 0.376 e. The smallest absolute Gasteiger partial charge is 0.140 e. The molecule has 1 saturated heterocycles. The van der Waals surface area contributed by atoms with E-state index in [4.69, 9.17) is 4.74 Å². The Hall–Kier alpha value is -1.39. The maximum absolute atomic E-state index is 5.73. The molecule has 3 heterocycles. The predicted molar refractivity (Wildman–Crippen MR) is 76.1 cm³/mol. The van der Waals surface area contributed by atoms with E-state index in [9.17, 15) is 0 Å². The normalized spacial score (nSPS) is 19.3. The maximum Gasteiger partial charge on any atom is 0.140 e. The fraction of sp³-hybridized carbons (Fsp3) is 0.533. The van der Waals surface area contributed by atoms with E-state index in [-0.39, 0.29) is 0 Å². The summed E-state index contributed by atoms with van der Waals surface area (Å²) in [6, 6.07) is 4.16. The summed E-state index contributed by atoms with van der Waals surface area (Å²) in [4.78, 5) is 4.53. The number of hydrogen-bond donors (Lipinski definition) is 1. The molecular weight excluding hydrogens is 238 g/mol. The second-order valence-electron chi connectivity index (χ2n) is 5.10. The molecule has 0 aliphatic carbocycles. The first-order chi connectivity index (χ1) is 9.38. The van der Waals surface area contributed by atoms with Gasteiger partial charge in [0.25, 0.3) is 0 Å². The van der Waals surface area contributed by atoms with Crippen LogP contribution in [0, 0.1) is 0 Å². The molecule has 1 N–H and O–H groups in total. The highest BCUT2D eigenvalue weighted by Gasteiger charge is 2.18. The number of fused-ring (bicyclic) bond motifs is 1. The summed E-state index contributed by atoms with van der Waals surface area (Å²) in [5.74, 6) is 0. The van der Waals surface area contributed by atoms with Crippen molar-refractivity contribution in [3.63, 3.8) is 0 Å². The molecule has 1 aliphatic heterocycles. The number of pyridine rings is 1. The van der Waals surface area contributed by atoms with Gasteiger partial charge in [0.05, 0.1) is 12.6 Å². The number of rotatable bonds is 5. The van der Waals surface area contributed by atoms with Crippen LogP contribution in [0.1, 0.15) is 25.3 Å². The molecule has 1 aliphatic rings. The molecule has 1 atom stereocenters. The summed E-state index contributed by atoms with van der Waals surface area (Å²) in [6.45, 7) is 5.83. The third-order valence-electron chi connectivity index (χ3n) is 3.71. The van der Waals surface area contributed by atoms with Crippen molar-refractivity contribution in [2.75, 3.05) is 13.2 Å². The van der Waals surface area contributed by atoms with Crippen LogP contribution in [0.3, 0.4) is 0 Å². The summed E-state index contributed by atoms with van der Waals surface area (Å²) in [5.41, 5.74) is 2.40. The molecule has 0 radical (unpaired) electrons. The average molecular weight is 259 g/mol. The van der Waals surface area contributed by atoms with Gasteiger partial charge in [0, 0.05) is 30.9 Å². The first-order valence-electron chi connectivity index (χ1n) is 7.13. The van der Waals surface area contributed by atoms with Crippen molar-refractivity contribution in [2.45, 2.75) is 39.0 Å². The zero-order valence-corrected chi connectivity index (χ0v) is 11.4. The Morgan fingerprint density at radius 2 is 2.47 bits per heavy atom. The molecular formula is C15H21N3O. The van der Waals surface area contributed by atoms with E-state index in [1.54, 1.807) is 0 Å². The van der Waals surface area contributed by atoms with Crippen LogP contribution >= 0.6 is 0 Å². The number of nitrogens with zero attached hydrogens (tertiary/aromatic N) is 2. The van der Waals surface area contributed by atoms with Crippen LogP contribution in [0.5, 0.6) is 0 Å². The average Bonchev–Trinajstić information content (AvgIpc) is 3.06. The Morgan fingerprint density at radius 3 is 3.26 bits per heavy atom. The number of ether oxygens (including phenoxy) is 1. The van der Waals surface area contributed by atoms with Gasteiger partial charge in [-0.15, -0.1) is 0 Å². The highest BCUT2D eigenvalue weighted by Crippen LogP contribution is 2.22. The zero-order chi connectivity index (χ0) is 13.1. The molecule has 2 aromatic heterocycles. The molecule has 4 nitrogen and oxygen atoms in total. The Labute approximate surface area is 113 Å². The van der Waals surface area contributed by atoms with Gasteiger partial charge < -0.3 is 14.6 Å². The van der Waals surface area contributed by atoms with Crippen LogP contribution in [-0.4, -0.2) is 28.8 Å². The van der Waals surface area contributed by atoms with E-state index >= 15 is 0 Å². The van der Waals surface area contributed by atoms with E-state index < -0.39 is 0 Å². The number of nitrogens with one attached hydrogen (secondary N) is 1. The first-order valence-corrected chi connectivity index (χ1v) is 7.13. The van der Waals surface area contributed by atoms with Gasteiger partial charge in [-0.2, -0.15) is 0 Å². The molecule has 1 unspecified atom stereocenters. The zero-order valence-electron chi connectivity index (χ0n) is 11.4. The van der Waals surface area contributed by atoms with Crippen molar-refractivity contribution in [3.8, 4) is 0 Å². The second kappa shape index (κ2) is 5.72. The minimum Gasteiger partial charge on any atom is -0.376 e. The molecule has 0 amide bonds. The van der Waals surface area contributed by atoms with Crippen LogP contribution in [0.15, 0.2) is 24.5 Å². The lowest BCUT2D eigenvalue weighted by Gasteiger charge is -2.10. The molecule has 1 fully saturated rings. The minimum absolute atomic E-state index is 0.351. The molecule has 0 spiro atoms. The van der Waals surface area contributed by atoms with Crippen LogP contribution in [0.4, 0.5) is 0 Å². The molecule has 0 bridgehead atoms.